The van der Waals surface area contributed by atoms with Gasteiger partial charge in [-0.25, -0.2) is 4.79 Å². The lowest BCUT2D eigenvalue weighted by Gasteiger charge is -2.34. The van der Waals surface area contributed by atoms with Crippen molar-refractivity contribution >= 4 is 5.97 Å². The van der Waals surface area contributed by atoms with Crippen molar-refractivity contribution in [2.75, 3.05) is 32.9 Å². The third-order valence-corrected chi connectivity index (χ3v) is 3.34. The van der Waals surface area contributed by atoms with E-state index >= 15 is 0 Å². The first kappa shape index (κ1) is 11.8. The quantitative estimate of drug-likeness (QED) is 0.753. The van der Waals surface area contributed by atoms with E-state index in [2.05, 4.69) is 4.90 Å². The van der Waals surface area contributed by atoms with Crippen LogP contribution in [0, 0.1) is 0 Å². The number of ether oxygens (including phenoxy) is 2. The molecular formula is C11H19NO4. The second-order valence-electron chi connectivity index (χ2n) is 4.46. The van der Waals surface area contributed by atoms with Crippen LogP contribution in [0.15, 0.2) is 0 Å². The van der Waals surface area contributed by atoms with Crippen LogP contribution in [0.4, 0.5) is 0 Å². The maximum absolute atomic E-state index is 10.4. The van der Waals surface area contributed by atoms with Gasteiger partial charge < -0.3 is 14.6 Å². The second-order valence-corrected chi connectivity index (χ2v) is 4.46. The van der Waals surface area contributed by atoms with E-state index in [0.29, 0.717) is 6.04 Å². The van der Waals surface area contributed by atoms with E-state index in [4.69, 9.17) is 14.6 Å². The molecule has 1 unspecified atom stereocenters. The van der Waals surface area contributed by atoms with E-state index in [-0.39, 0.29) is 12.7 Å². The van der Waals surface area contributed by atoms with E-state index in [1.54, 1.807) is 0 Å². The number of hydrogen-bond donors (Lipinski definition) is 1. The highest BCUT2D eigenvalue weighted by Crippen LogP contribution is 2.20. The maximum Gasteiger partial charge on any atom is 0.329 e. The van der Waals surface area contributed by atoms with Crippen molar-refractivity contribution in [2.24, 2.45) is 0 Å². The minimum Gasteiger partial charge on any atom is -0.480 e. The predicted molar refractivity (Wildman–Crippen MR) is 57.4 cm³/mol. The lowest BCUT2D eigenvalue weighted by Crippen LogP contribution is -2.43. The number of rotatable bonds is 4. The summed E-state index contributed by atoms with van der Waals surface area (Å²) in [5, 5.41) is 8.52. The Labute approximate surface area is 95.3 Å². The molecule has 0 aliphatic carbocycles. The summed E-state index contributed by atoms with van der Waals surface area (Å²) < 4.78 is 10.7. The average molecular weight is 229 g/mol. The van der Waals surface area contributed by atoms with E-state index < -0.39 is 5.97 Å². The minimum atomic E-state index is -0.883. The van der Waals surface area contributed by atoms with Crippen molar-refractivity contribution < 1.29 is 19.4 Å². The van der Waals surface area contributed by atoms with Gasteiger partial charge in [0.25, 0.3) is 0 Å². The summed E-state index contributed by atoms with van der Waals surface area (Å²) in [7, 11) is 0. The van der Waals surface area contributed by atoms with Gasteiger partial charge in [-0.2, -0.15) is 0 Å². The fourth-order valence-electron chi connectivity index (χ4n) is 2.41. The van der Waals surface area contributed by atoms with Gasteiger partial charge in [0, 0.05) is 25.7 Å². The summed E-state index contributed by atoms with van der Waals surface area (Å²) >= 11 is 0. The molecule has 2 rings (SSSR count). The molecule has 0 amide bonds. The largest absolute Gasteiger partial charge is 0.480 e. The predicted octanol–water partition coefficient (Wildman–Crippen LogP) is 0.341. The first-order chi connectivity index (χ1) is 7.75. The first-order valence-electron chi connectivity index (χ1n) is 5.91. The third-order valence-electron chi connectivity index (χ3n) is 3.34. The van der Waals surface area contributed by atoms with Crippen LogP contribution in [0.25, 0.3) is 0 Å². The Morgan fingerprint density at radius 1 is 1.38 bits per heavy atom. The molecular weight excluding hydrogens is 210 g/mol. The molecule has 2 aliphatic rings. The number of aliphatic carboxylic acids is 1. The van der Waals surface area contributed by atoms with Crippen molar-refractivity contribution in [3.05, 3.63) is 0 Å². The van der Waals surface area contributed by atoms with Gasteiger partial charge in [0.1, 0.15) is 6.61 Å². The van der Waals surface area contributed by atoms with Crippen LogP contribution in [0.2, 0.25) is 0 Å². The molecule has 0 aromatic rings. The zero-order valence-electron chi connectivity index (χ0n) is 9.43. The Morgan fingerprint density at radius 3 is 2.69 bits per heavy atom. The van der Waals surface area contributed by atoms with Crippen LogP contribution in [-0.4, -0.2) is 61.0 Å². The maximum atomic E-state index is 10.4. The van der Waals surface area contributed by atoms with Gasteiger partial charge in [0.15, 0.2) is 0 Å². The molecule has 5 nitrogen and oxygen atoms in total. The SMILES string of the molecule is O=C(O)COC1CCN(C2CCOC2)CC1. The summed E-state index contributed by atoms with van der Waals surface area (Å²) in [6.07, 6.45) is 3.11. The Bertz CT molecular complexity index is 232. The number of piperidine rings is 1. The van der Waals surface area contributed by atoms with Crippen LogP contribution < -0.4 is 0 Å². The molecule has 2 aliphatic heterocycles. The molecule has 0 radical (unpaired) electrons. The fraction of sp³-hybridized carbons (Fsp3) is 0.909. The van der Waals surface area contributed by atoms with Crippen LogP contribution in [0.3, 0.4) is 0 Å². The van der Waals surface area contributed by atoms with Crippen molar-refractivity contribution in [1.82, 2.24) is 4.90 Å². The zero-order valence-corrected chi connectivity index (χ0v) is 9.43. The lowest BCUT2D eigenvalue weighted by atomic mass is 10.1. The third kappa shape index (κ3) is 3.17. The van der Waals surface area contributed by atoms with Crippen LogP contribution >= 0.6 is 0 Å². The Balaban J connectivity index is 1.67. The summed E-state index contributed by atoms with van der Waals surface area (Å²) in [6, 6.07) is 0.570. The van der Waals surface area contributed by atoms with Crippen molar-refractivity contribution in [1.29, 1.82) is 0 Å². The van der Waals surface area contributed by atoms with E-state index in [1.165, 1.54) is 0 Å². The molecule has 92 valence electrons. The highest BCUT2D eigenvalue weighted by Gasteiger charge is 2.27. The van der Waals surface area contributed by atoms with Crippen molar-refractivity contribution in [3.8, 4) is 0 Å². The summed E-state index contributed by atoms with van der Waals surface area (Å²) in [4.78, 5) is 12.8. The molecule has 2 saturated heterocycles. The van der Waals surface area contributed by atoms with E-state index in [1.807, 2.05) is 0 Å². The molecule has 0 saturated carbocycles. The normalized spacial score (nSPS) is 28.4. The first-order valence-corrected chi connectivity index (χ1v) is 5.91. The van der Waals surface area contributed by atoms with Crippen LogP contribution in [0.1, 0.15) is 19.3 Å². The van der Waals surface area contributed by atoms with Gasteiger partial charge in [-0.05, 0) is 19.3 Å². The molecule has 5 heteroatoms. The number of hydrogen-bond acceptors (Lipinski definition) is 4. The van der Waals surface area contributed by atoms with E-state index in [0.717, 1.165) is 45.6 Å². The molecule has 16 heavy (non-hydrogen) atoms. The average Bonchev–Trinajstić information content (AvgIpc) is 2.80. The number of nitrogens with zero attached hydrogens (tertiary/aromatic N) is 1. The number of likely N-dealkylation sites (tertiary alicyclic amines) is 1. The number of carboxylic acid groups (broad SMARTS) is 1. The topological polar surface area (TPSA) is 59.0 Å². The monoisotopic (exact) mass is 229 g/mol. The van der Waals surface area contributed by atoms with Gasteiger partial charge in [-0.1, -0.05) is 0 Å². The van der Waals surface area contributed by atoms with Crippen molar-refractivity contribution in [2.45, 2.75) is 31.4 Å². The highest BCUT2D eigenvalue weighted by molar-refractivity contribution is 5.68. The Morgan fingerprint density at radius 2 is 2.12 bits per heavy atom. The molecule has 1 atom stereocenters. The Hall–Kier alpha value is -0.650. The number of carbonyl (C=O) groups is 1. The summed E-state index contributed by atoms with van der Waals surface area (Å²) in [6.45, 7) is 3.55. The Kier molecular flexibility index (Phi) is 4.15. The molecule has 0 spiro atoms. The van der Waals surface area contributed by atoms with Gasteiger partial charge in [-0.3, -0.25) is 4.90 Å². The van der Waals surface area contributed by atoms with Crippen LogP contribution in [0.5, 0.6) is 0 Å². The second kappa shape index (κ2) is 5.61. The molecule has 2 heterocycles. The molecule has 0 bridgehead atoms. The molecule has 0 aromatic heterocycles. The van der Waals surface area contributed by atoms with Crippen molar-refractivity contribution in [3.63, 3.8) is 0 Å². The van der Waals surface area contributed by atoms with E-state index in [9.17, 15) is 4.79 Å². The number of carboxylic acids is 1. The highest BCUT2D eigenvalue weighted by atomic mass is 16.5. The minimum absolute atomic E-state index is 0.120. The van der Waals surface area contributed by atoms with Gasteiger partial charge in [0.2, 0.25) is 0 Å². The molecule has 1 N–H and O–H groups in total. The standard InChI is InChI=1S/C11H19NO4/c13-11(14)8-16-10-1-4-12(5-2-10)9-3-6-15-7-9/h9-10H,1-8H2,(H,13,14). The zero-order chi connectivity index (χ0) is 11.4. The van der Waals surface area contributed by atoms with Gasteiger partial charge in [0.05, 0.1) is 12.7 Å². The van der Waals surface area contributed by atoms with Gasteiger partial charge >= 0.3 is 5.97 Å². The smallest absolute Gasteiger partial charge is 0.329 e. The molecule has 0 aromatic carbocycles. The summed E-state index contributed by atoms with van der Waals surface area (Å²) in [5.41, 5.74) is 0. The lowest BCUT2D eigenvalue weighted by molar-refractivity contribution is -0.145. The molecule has 2 fully saturated rings. The van der Waals surface area contributed by atoms with Gasteiger partial charge in [-0.15, -0.1) is 0 Å². The summed E-state index contributed by atoms with van der Waals surface area (Å²) in [5.74, 6) is -0.883. The fourth-order valence-corrected chi connectivity index (χ4v) is 2.41. The van der Waals surface area contributed by atoms with Crippen LogP contribution in [-0.2, 0) is 14.3 Å².